The van der Waals surface area contributed by atoms with E-state index in [1.165, 1.54) is 36.3 Å². The van der Waals surface area contributed by atoms with Crippen LogP contribution >= 0.6 is 0 Å². The molecule has 2 amide bonds. The van der Waals surface area contributed by atoms with Gasteiger partial charge in [0.2, 0.25) is 11.9 Å². The van der Waals surface area contributed by atoms with Gasteiger partial charge in [-0.15, -0.1) is 0 Å². The van der Waals surface area contributed by atoms with Crippen LogP contribution in [0.4, 0.5) is 40.7 Å². The molecule has 1 unspecified atom stereocenters. The number of fused-ring (bicyclic) bond motifs is 1. The highest BCUT2D eigenvalue weighted by molar-refractivity contribution is 6.04. The van der Waals surface area contributed by atoms with Gasteiger partial charge in [0.15, 0.2) is 0 Å². The van der Waals surface area contributed by atoms with E-state index in [1.807, 2.05) is 0 Å². The van der Waals surface area contributed by atoms with Crippen LogP contribution in [0.3, 0.4) is 0 Å². The van der Waals surface area contributed by atoms with E-state index in [0.29, 0.717) is 11.8 Å². The van der Waals surface area contributed by atoms with Crippen LogP contribution < -0.4 is 21.1 Å². The monoisotopic (exact) mass is 518 g/mol. The molecule has 0 fully saturated rings. The molecule has 1 aromatic heterocycles. The summed E-state index contributed by atoms with van der Waals surface area (Å²) < 4.78 is 59.6. The van der Waals surface area contributed by atoms with Crippen molar-refractivity contribution >= 4 is 35.0 Å². The summed E-state index contributed by atoms with van der Waals surface area (Å²) in [6.45, 7) is 0.823. The summed E-state index contributed by atoms with van der Waals surface area (Å²) in [6, 6.07) is 8.46. The maximum Gasteiger partial charge on any atom is 0.421 e. The van der Waals surface area contributed by atoms with E-state index < -0.39 is 42.1 Å². The van der Waals surface area contributed by atoms with Crippen LogP contribution in [-0.4, -0.2) is 47.0 Å². The molecule has 1 atom stereocenters. The smallest absolute Gasteiger partial charge is 0.421 e. The molecule has 2 heterocycles. The number of alkyl halides is 4. The van der Waals surface area contributed by atoms with Crippen molar-refractivity contribution in [2.24, 2.45) is 5.73 Å². The maximum atomic E-state index is 13.8. The lowest BCUT2D eigenvalue weighted by molar-refractivity contribution is -0.137. The molecule has 0 saturated carbocycles. The van der Waals surface area contributed by atoms with Crippen molar-refractivity contribution in [3.8, 4) is 5.75 Å². The number of rotatable bonds is 8. The van der Waals surface area contributed by atoms with Gasteiger partial charge in [0.25, 0.3) is 5.91 Å². The molecule has 0 aliphatic carbocycles. The first-order chi connectivity index (χ1) is 17.5. The number of benzene rings is 2. The summed E-state index contributed by atoms with van der Waals surface area (Å²) in [5.74, 6) is -1.82. The third-order valence-electron chi connectivity index (χ3n) is 5.89. The van der Waals surface area contributed by atoms with Crippen molar-refractivity contribution < 1.29 is 31.9 Å². The Morgan fingerprint density at radius 2 is 1.95 bits per heavy atom. The number of carbonyl (C=O) groups excluding carboxylic acids is 2. The van der Waals surface area contributed by atoms with Crippen molar-refractivity contribution in [3.05, 3.63) is 64.8 Å². The van der Waals surface area contributed by atoms with E-state index in [-0.39, 0.29) is 40.7 Å². The number of primary amides is 1. The van der Waals surface area contributed by atoms with Gasteiger partial charge in [0.05, 0.1) is 30.1 Å². The van der Waals surface area contributed by atoms with Crippen molar-refractivity contribution in [1.29, 1.82) is 0 Å². The van der Waals surface area contributed by atoms with Gasteiger partial charge in [-0.3, -0.25) is 9.59 Å². The normalized spacial score (nSPS) is 14.9. The molecule has 4 rings (SSSR count). The van der Waals surface area contributed by atoms with Crippen LogP contribution in [0, 0.1) is 0 Å². The van der Waals surface area contributed by atoms with Crippen molar-refractivity contribution in [2.75, 3.05) is 31.0 Å². The minimum atomic E-state index is -4.81. The SMILES string of the molecule is COc1cc(C(N)=O)ccc1Nc1ncc(C(F)(F)F)c(Nc2cccc3c2C(=O)N(CCF)C3C)n1. The number of hydrogen-bond acceptors (Lipinski definition) is 7. The van der Waals surface area contributed by atoms with E-state index in [2.05, 4.69) is 20.6 Å². The van der Waals surface area contributed by atoms with E-state index in [0.717, 1.165) is 0 Å². The van der Waals surface area contributed by atoms with E-state index >= 15 is 0 Å². The van der Waals surface area contributed by atoms with Crippen molar-refractivity contribution in [2.45, 2.75) is 19.1 Å². The van der Waals surface area contributed by atoms with E-state index in [1.54, 1.807) is 19.1 Å². The largest absolute Gasteiger partial charge is 0.495 e. The number of aromatic nitrogens is 2. The molecule has 194 valence electrons. The van der Waals surface area contributed by atoms with Crippen LogP contribution in [0.25, 0.3) is 0 Å². The fourth-order valence-corrected chi connectivity index (χ4v) is 4.08. The number of nitrogens with zero attached hydrogens (tertiary/aromatic N) is 3. The first-order valence-electron chi connectivity index (χ1n) is 11.0. The third kappa shape index (κ3) is 4.97. The van der Waals surface area contributed by atoms with Crippen LogP contribution in [-0.2, 0) is 6.18 Å². The minimum absolute atomic E-state index is 0.0919. The fourth-order valence-electron chi connectivity index (χ4n) is 4.08. The highest BCUT2D eigenvalue weighted by Gasteiger charge is 2.38. The quantitative estimate of drug-likeness (QED) is 0.373. The number of halogens is 4. The Kier molecular flexibility index (Phi) is 6.88. The zero-order chi connectivity index (χ0) is 26.9. The molecule has 1 aliphatic rings. The molecule has 9 nitrogen and oxygen atoms in total. The molecule has 3 aromatic rings. The Balaban J connectivity index is 1.73. The Hall–Kier alpha value is -4.42. The zero-order valence-corrected chi connectivity index (χ0v) is 19.7. The molecular weight excluding hydrogens is 496 g/mol. The maximum absolute atomic E-state index is 13.8. The number of anilines is 4. The third-order valence-corrected chi connectivity index (χ3v) is 5.89. The second-order valence-corrected chi connectivity index (χ2v) is 8.12. The second-order valence-electron chi connectivity index (χ2n) is 8.12. The van der Waals surface area contributed by atoms with Crippen LogP contribution in [0.15, 0.2) is 42.6 Å². The molecule has 0 saturated heterocycles. The van der Waals surface area contributed by atoms with Crippen molar-refractivity contribution in [1.82, 2.24) is 14.9 Å². The van der Waals surface area contributed by atoms with Gasteiger partial charge < -0.3 is 26.0 Å². The molecule has 2 aromatic carbocycles. The van der Waals surface area contributed by atoms with E-state index in [4.69, 9.17) is 10.5 Å². The molecule has 0 radical (unpaired) electrons. The first kappa shape index (κ1) is 25.7. The lowest BCUT2D eigenvalue weighted by Crippen LogP contribution is -2.28. The van der Waals surface area contributed by atoms with Crippen LogP contribution in [0.2, 0.25) is 0 Å². The Bertz CT molecular complexity index is 1360. The van der Waals surface area contributed by atoms with Gasteiger partial charge in [0, 0.05) is 18.3 Å². The lowest BCUT2D eigenvalue weighted by atomic mass is 10.0. The van der Waals surface area contributed by atoms with Gasteiger partial charge >= 0.3 is 6.18 Å². The summed E-state index contributed by atoms with van der Waals surface area (Å²) in [5, 5.41) is 5.39. The summed E-state index contributed by atoms with van der Waals surface area (Å²) >= 11 is 0. The number of methoxy groups -OCH3 is 1. The number of nitrogens with two attached hydrogens (primary N) is 1. The molecule has 37 heavy (non-hydrogen) atoms. The van der Waals surface area contributed by atoms with Gasteiger partial charge in [-0.25, -0.2) is 9.37 Å². The van der Waals surface area contributed by atoms with Gasteiger partial charge in [0.1, 0.15) is 23.8 Å². The van der Waals surface area contributed by atoms with Gasteiger partial charge in [-0.2, -0.15) is 18.2 Å². The highest BCUT2D eigenvalue weighted by Crippen LogP contribution is 2.40. The summed E-state index contributed by atoms with van der Waals surface area (Å²) in [5.41, 5.74) is 5.34. The number of nitrogens with one attached hydrogen (secondary N) is 2. The molecule has 0 bridgehead atoms. The Labute approximate surface area is 208 Å². The highest BCUT2D eigenvalue weighted by atomic mass is 19.4. The predicted octanol–water partition coefficient (Wildman–Crippen LogP) is 4.58. The number of ether oxygens (including phenoxy) is 1. The van der Waals surface area contributed by atoms with Crippen molar-refractivity contribution in [3.63, 3.8) is 0 Å². The standard InChI is InChI=1S/C24H22F4N6O3/c1-12-14-4-3-5-17(19(14)22(36)34(12)9-8-25)31-21-15(24(26,27)28)11-30-23(33-21)32-16-7-6-13(20(29)35)10-18(16)37-2/h3-7,10-12H,8-9H2,1-2H3,(H2,29,35)(H2,30,31,32,33). The summed E-state index contributed by atoms with van der Waals surface area (Å²) in [7, 11) is 1.34. The number of carbonyl (C=O) groups is 2. The molecule has 4 N–H and O–H groups in total. The Morgan fingerprint density at radius 3 is 2.59 bits per heavy atom. The fraction of sp³-hybridized carbons (Fsp3) is 0.250. The van der Waals surface area contributed by atoms with E-state index in [9.17, 15) is 27.2 Å². The Morgan fingerprint density at radius 1 is 1.19 bits per heavy atom. The molecular formula is C24H22F4N6O3. The lowest BCUT2D eigenvalue weighted by Gasteiger charge is -2.20. The molecule has 0 spiro atoms. The first-order valence-corrected chi connectivity index (χ1v) is 11.0. The minimum Gasteiger partial charge on any atom is -0.495 e. The van der Waals surface area contributed by atoms with Crippen LogP contribution in [0.1, 0.15) is 44.8 Å². The average Bonchev–Trinajstić information content (AvgIpc) is 3.09. The zero-order valence-electron chi connectivity index (χ0n) is 19.7. The topological polar surface area (TPSA) is 122 Å². The van der Waals surface area contributed by atoms with Crippen LogP contribution in [0.5, 0.6) is 5.75 Å². The average molecular weight is 518 g/mol. The predicted molar refractivity (Wildman–Crippen MR) is 127 cm³/mol. The molecule has 1 aliphatic heterocycles. The molecule has 13 heteroatoms. The number of hydrogen-bond donors (Lipinski definition) is 3. The second kappa shape index (κ2) is 9.91. The number of amides is 2. The summed E-state index contributed by atoms with van der Waals surface area (Å²) in [6.07, 6.45) is -4.21. The van der Waals surface area contributed by atoms with Gasteiger partial charge in [-0.05, 0) is 36.8 Å². The van der Waals surface area contributed by atoms with Gasteiger partial charge in [-0.1, -0.05) is 12.1 Å². The summed E-state index contributed by atoms with van der Waals surface area (Å²) in [4.78, 5) is 33.5.